The quantitative estimate of drug-likeness (QED) is 0.765. The maximum atomic E-state index is 12.2. The fraction of sp³-hybridized carbons (Fsp3) is 0.571. The summed E-state index contributed by atoms with van der Waals surface area (Å²) >= 11 is 0. The van der Waals surface area contributed by atoms with E-state index in [1.54, 1.807) is 12.0 Å². The molecule has 8 heteroatoms. The zero-order valence-corrected chi connectivity index (χ0v) is 12.5. The summed E-state index contributed by atoms with van der Waals surface area (Å²) in [7, 11) is 1.56. The largest absolute Gasteiger partial charge is 0.384 e. The van der Waals surface area contributed by atoms with Gasteiger partial charge >= 0.3 is 0 Å². The predicted octanol–water partition coefficient (Wildman–Crippen LogP) is -0.473. The highest BCUT2D eigenvalue weighted by Gasteiger charge is 2.25. The number of carbonyl (C=O) groups excluding carboxylic acids is 2. The van der Waals surface area contributed by atoms with Crippen molar-refractivity contribution in [1.82, 2.24) is 20.4 Å². The van der Waals surface area contributed by atoms with Crippen LogP contribution >= 0.6 is 0 Å². The van der Waals surface area contributed by atoms with Crippen LogP contribution in [-0.2, 0) is 9.53 Å². The third kappa shape index (κ3) is 4.39. The van der Waals surface area contributed by atoms with Crippen LogP contribution in [0.2, 0.25) is 0 Å². The molecule has 1 aliphatic rings. The minimum absolute atomic E-state index is 0.0334. The van der Waals surface area contributed by atoms with Crippen molar-refractivity contribution in [3.63, 3.8) is 0 Å². The van der Waals surface area contributed by atoms with Crippen molar-refractivity contribution in [2.24, 2.45) is 0 Å². The fourth-order valence-corrected chi connectivity index (χ4v) is 2.35. The molecule has 1 fully saturated rings. The van der Waals surface area contributed by atoms with E-state index in [0.717, 1.165) is 0 Å². The molecule has 120 valence electrons. The Bertz CT molecular complexity index is 558. The molecule has 0 aromatic carbocycles. The number of carbonyl (C=O) groups is 2. The molecule has 0 aliphatic carbocycles. The maximum Gasteiger partial charge on any atom is 0.274 e. The average molecular weight is 308 g/mol. The Hall–Kier alpha value is -2.22. The van der Waals surface area contributed by atoms with Gasteiger partial charge in [0.2, 0.25) is 5.91 Å². The summed E-state index contributed by atoms with van der Waals surface area (Å²) in [5, 5.41) is 8.93. The van der Waals surface area contributed by atoms with Gasteiger partial charge in [0.25, 0.3) is 11.5 Å². The van der Waals surface area contributed by atoms with E-state index in [4.69, 9.17) is 4.74 Å². The standard InChI is InChI=1S/C14H20N4O4/c1-22-9-6-12(19)15-10-4-7-18(8-5-10)14(21)11-2-3-13(20)17-16-11/h2-3,10H,4-9H2,1H3,(H,15,19)(H,17,20). The number of hydrogen-bond donors (Lipinski definition) is 2. The third-order valence-corrected chi connectivity index (χ3v) is 3.58. The van der Waals surface area contributed by atoms with Gasteiger partial charge in [-0.3, -0.25) is 14.4 Å². The summed E-state index contributed by atoms with van der Waals surface area (Å²) in [6.45, 7) is 1.50. The highest BCUT2D eigenvalue weighted by Crippen LogP contribution is 2.12. The topological polar surface area (TPSA) is 104 Å². The number of methoxy groups -OCH3 is 1. The number of likely N-dealkylation sites (tertiary alicyclic amines) is 1. The van der Waals surface area contributed by atoms with Gasteiger partial charge in [0.15, 0.2) is 0 Å². The Labute approximate surface area is 127 Å². The number of amides is 2. The number of ether oxygens (including phenoxy) is 1. The smallest absolute Gasteiger partial charge is 0.274 e. The van der Waals surface area contributed by atoms with E-state index in [-0.39, 0.29) is 29.1 Å². The van der Waals surface area contributed by atoms with Gasteiger partial charge in [-0.05, 0) is 18.9 Å². The molecule has 0 bridgehead atoms. The summed E-state index contributed by atoms with van der Waals surface area (Å²) < 4.78 is 4.86. The van der Waals surface area contributed by atoms with Gasteiger partial charge in [0.05, 0.1) is 6.61 Å². The number of aromatic amines is 1. The lowest BCUT2D eigenvalue weighted by molar-refractivity contribution is -0.122. The molecule has 1 aromatic heterocycles. The summed E-state index contributed by atoms with van der Waals surface area (Å²) in [6.07, 6.45) is 1.75. The normalized spacial score (nSPS) is 15.6. The fourth-order valence-electron chi connectivity index (χ4n) is 2.35. The van der Waals surface area contributed by atoms with Crippen molar-refractivity contribution in [3.05, 3.63) is 28.2 Å². The molecule has 0 spiro atoms. The second-order valence-corrected chi connectivity index (χ2v) is 5.18. The second kappa shape index (κ2) is 7.69. The van der Waals surface area contributed by atoms with Crippen molar-refractivity contribution < 1.29 is 14.3 Å². The molecule has 1 saturated heterocycles. The highest BCUT2D eigenvalue weighted by molar-refractivity contribution is 5.92. The summed E-state index contributed by atoms with van der Waals surface area (Å²) in [4.78, 5) is 36.5. The first-order chi connectivity index (χ1) is 10.6. The summed E-state index contributed by atoms with van der Waals surface area (Å²) in [5.41, 5.74) is -0.115. The first-order valence-corrected chi connectivity index (χ1v) is 7.23. The molecule has 2 rings (SSSR count). The van der Waals surface area contributed by atoms with E-state index in [1.807, 2.05) is 0 Å². The van der Waals surface area contributed by atoms with Crippen molar-refractivity contribution in [3.8, 4) is 0 Å². The minimum Gasteiger partial charge on any atom is -0.384 e. The molecule has 22 heavy (non-hydrogen) atoms. The van der Waals surface area contributed by atoms with Crippen LogP contribution in [0, 0.1) is 0 Å². The van der Waals surface area contributed by atoms with Gasteiger partial charge in [0.1, 0.15) is 5.69 Å². The molecular weight excluding hydrogens is 288 g/mol. The lowest BCUT2D eigenvalue weighted by Gasteiger charge is -2.32. The summed E-state index contributed by atoms with van der Waals surface area (Å²) in [5.74, 6) is -0.241. The Kier molecular flexibility index (Phi) is 5.65. The van der Waals surface area contributed by atoms with E-state index in [2.05, 4.69) is 15.5 Å². The zero-order valence-electron chi connectivity index (χ0n) is 12.5. The first-order valence-electron chi connectivity index (χ1n) is 7.23. The number of piperidine rings is 1. The van der Waals surface area contributed by atoms with Crippen molar-refractivity contribution in [2.75, 3.05) is 26.8 Å². The van der Waals surface area contributed by atoms with Crippen LogP contribution in [0.4, 0.5) is 0 Å². The van der Waals surface area contributed by atoms with Crippen LogP contribution < -0.4 is 10.9 Å². The average Bonchev–Trinajstić information content (AvgIpc) is 2.54. The van der Waals surface area contributed by atoms with Gasteiger partial charge in [-0.25, -0.2) is 5.10 Å². The van der Waals surface area contributed by atoms with E-state index >= 15 is 0 Å². The van der Waals surface area contributed by atoms with E-state index in [0.29, 0.717) is 39.0 Å². The SMILES string of the molecule is COCCC(=O)NC1CCN(C(=O)c2ccc(=O)[nH]n2)CC1. The molecule has 0 atom stereocenters. The van der Waals surface area contributed by atoms with E-state index in [9.17, 15) is 14.4 Å². The van der Waals surface area contributed by atoms with Gasteiger partial charge in [0, 0.05) is 38.7 Å². The van der Waals surface area contributed by atoms with Gasteiger partial charge in [-0.2, -0.15) is 5.10 Å². The number of nitrogens with one attached hydrogen (secondary N) is 2. The third-order valence-electron chi connectivity index (χ3n) is 3.58. The molecule has 0 radical (unpaired) electrons. The molecule has 2 N–H and O–H groups in total. The van der Waals surface area contributed by atoms with Gasteiger partial charge < -0.3 is 15.0 Å². The molecule has 1 aromatic rings. The van der Waals surface area contributed by atoms with Crippen LogP contribution in [0.5, 0.6) is 0 Å². The monoisotopic (exact) mass is 308 g/mol. The molecule has 0 saturated carbocycles. The number of rotatable bonds is 5. The van der Waals surface area contributed by atoms with Crippen molar-refractivity contribution in [2.45, 2.75) is 25.3 Å². The first kappa shape index (κ1) is 16.2. The maximum absolute atomic E-state index is 12.2. The molecule has 1 aliphatic heterocycles. The van der Waals surface area contributed by atoms with E-state index in [1.165, 1.54) is 12.1 Å². The second-order valence-electron chi connectivity index (χ2n) is 5.18. The number of hydrogen-bond acceptors (Lipinski definition) is 5. The van der Waals surface area contributed by atoms with Crippen LogP contribution in [0.3, 0.4) is 0 Å². The number of aromatic nitrogens is 2. The van der Waals surface area contributed by atoms with Crippen LogP contribution in [0.25, 0.3) is 0 Å². The lowest BCUT2D eigenvalue weighted by Crippen LogP contribution is -2.46. The van der Waals surface area contributed by atoms with Gasteiger partial charge in [-0.15, -0.1) is 0 Å². The number of H-pyrrole nitrogens is 1. The van der Waals surface area contributed by atoms with Crippen LogP contribution in [0.1, 0.15) is 29.8 Å². The summed E-state index contributed by atoms with van der Waals surface area (Å²) in [6, 6.07) is 2.78. The number of nitrogens with zero attached hydrogens (tertiary/aromatic N) is 2. The zero-order chi connectivity index (χ0) is 15.9. The minimum atomic E-state index is -0.339. The Morgan fingerprint density at radius 1 is 1.41 bits per heavy atom. The van der Waals surface area contributed by atoms with Gasteiger partial charge in [-0.1, -0.05) is 0 Å². The van der Waals surface area contributed by atoms with Crippen molar-refractivity contribution >= 4 is 11.8 Å². The Balaban J connectivity index is 1.81. The van der Waals surface area contributed by atoms with Crippen LogP contribution in [0.15, 0.2) is 16.9 Å². The van der Waals surface area contributed by atoms with E-state index < -0.39 is 0 Å². The molecule has 2 amide bonds. The molecular formula is C14H20N4O4. The Morgan fingerprint density at radius 2 is 2.14 bits per heavy atom. The Morgan fingerprint density at radius 3 is 2.73 bits per heavy atom. The molecule has 8 nitrogen and oxygen atoms in total. The van der Waals surface area contributed by atoms with Crippen molar-refractivity contribution in [1.29, 1.82) is 0 Å². The molecule has 0 unspecified atom stereocenters. The molecule has 2 heterocycles. The van der Waals surface area contributed by atoms with Crippen LogP contribution in [-0.4, -0.2) is 59.8 Å². The lowest BCUT2D eigenvalue weighted by atomic mass is 10.0. The highest BCUT2D eigenvalue weighted by atomic mass is 16.5. The predicted molar refractivity (Wildman–Crippen MR) is 78.4 cm³/mol.